The van der Waals surface area contributed by atoms with E-state index in [1.54, 1.807) is 62.1 Å². The third kappa shape index (κ3) is 14.2. The topological polar surface area (TPSA) is 291 Å². The Morgan fingerprint density at radius 1 is 0.580 bits per heavy atom. The Balaban J connectivity index is 0.000000137. The van der Waals surface area contributed by atoms with Gasteiger partial charge in [0.2, 0.25) is 17.7 Å². The highest BCUT2D eigenvalue weighted by molar-refractivity contribution is 6.19. The lowest BCUT2D eigenvalue weighted by atomic mass is 9.96. The van der Waals surface area contributed by atoms with E-state index in [4.69, 9.17) is 9.47 Å². The number of aromatic nitrogens is 9. The molecule has 9 aromatic rings. The molecule has 4 aliphatic heterocycles. The van der Waals surface area contributed by atoms with Gasteiger partial charge in [-0.05, 0) is 44.4 Å². The van der Waals surface area contributed by atoms with Gasteiger partial charge in [0.25, 0.3) is 0 Å². The molecule has 454 valence electrons. The summed E-state index contributed by atoms with van der Waals surface area (Å²) in [4.78, 5) is 116. The number of aromatic amines is 3. The fourth-order valence-electron chi connectivity index (χ4n) is 11.7. The second-order valence-electron chi connectivity index (χ2n) is 22.2. The minimum absolute atomic E-state index is 0.0640. The summed E-state index contributed by atoms with van der Waals surface area (Å²) >= 11 is 0. The lowest BCUT2D eigenvalue weighted by Crippen LogP contribution is -2.33. The van der Waals surface area contributed by atoms with Gasteiger partial charge < -0.3 is 55.1 Å². The predicted molar refractivity (Wildman–Crippen MR) is 332 cm³/mol. The Kier molecular flexibility index (Phi) is 19.5. The van der Waals surface area contributed by atoms with E-state index in [2.05, 4.69) is 60.8 Å². The van der Waals surface area contributed by atoms with Crippen LogP contribution in [0.25, 0.3) is 33.1 Å². The van der Waals surface area contributed by atoms with Crippen molar-refractivity contribution in [2.45, 2.75) is 69.9 Å². The van der Waals surface area contributed by atoms with Crippen molar-refractivity contribution in [1.82, 2.24) is 59.6 Å². The standard InChI is InChI=1S/C24H27N5O3.C21H23N5O3.C20H21N5O2/c30-20(12-16-7-10-32-11-8-16)29-9-6-18(14-29)28-24-21-19(13-25-23(21)26-15-27-24)22(31)17-4-2-1-3-5-17;1-29-10-8-17(27)26-9-7-15(12-26)25-21-18-16(11-22-20(18)23-13-24-21)19(28)14-5-3-2-4-6-14;26-16-8-4-10-25(16)11-5-9-21-19-17-15(12-22-20(17)24-13-23-19)18(27)14-6-2-1-3-7-14/h1-5,13,15-16,18H,6-12,14H2,(H2,25,26,27,28);2-6,11,13,15H,7-10,12H2,1H3,(H2,22,23,24,25);1-3,6-7,12-13H,4-5,8-11H2,(H2,21,22,23,24). The first-order valence-electron chi connectivity index (χ1n) is 30.0. The van der Waals surface area contributed by atoms with Crippen molar-refractivity contribution in [3.05, 3.63) is 162 Å². The van der Waals surface area contributed by atoms with Gasteiger partial charge in [-0.2, -0.15) is 0 Å². The maximum atomic E-state index is 13.1. The van der Waals surface area contributed by atoms with E-state index in [1.807, 2.05) is 69.3 Å². The van der Waals surface area contributed by atoms with Crippen molar-refractivity contribution in [2.24, 2.45) is 5.92 Å². The zero-order valence-electron chi connectivity index (χ0n) is 49.1. The van der Waals surface area contributed by atoms with Crippen LogP contribution in [0.4, 0.5) is 17.5 Å². The number of methoxy groups -OCH3 is 1. The molecule has 3 amide bonds. The average Bonchev–Trinajstić information content (AvgIpc) is 3.16. The summed E-state index contributed by atoms with van der Waals surface area (Å²) in [5, 5.41) is 12.2. The van der Waals surface area contributed by atoms with Crippen LogP contribution >= 0.6 is 0 Å². The van der Waals surface area contributed by atoms with E-state index in [0.29, 0.717) is 142 Å². The van der Waals surface area contributed by atoms with Gasteiger partial charge in [0, 0.05) is 126 Å². The number of hydrogen-bond donors (Lipinski definition) is 6. The first kappa shape index (κ1) is 60.0. The monoisotopic (exact) mass is 1190 g/mol. The third-order valence-electron chi connectivity index (χ3n) is 16.4. The minimum Gasteiger partial charge on any atom is -0.384 e. The number of rotatable bonds is 20. The highest BCUT2D eigenvalue weighted by Crippen LogP contribution is 2.31. The van der Waals surface area contributed by atoms with Crippen LogP contribution in [0.2, 0.25) is 0 Å². The van der Waals surface area contributed by atoms with Crippen molar-refractivity contribution in [3.8, 4) is 0 Å². The first-order chi connectivity index (χ1) is 43.1. The molecule has 3 aromatic carbocycles. The highest BCUT2D eigenvalue weighted by atomic mass is 16.5. The summed E-state index contributed by atoms with van der Waals surface area (Å²) in [6.45, 7) is 6.86. The Morgan fingerprint density at radius 3 is 1.49 bits per heavy atom. The molecule has 6 aromatic heterocycles. The predicted octanol–water partition coefficient (Wildman–Crippen LogP) is 7.87. The van der Waals surface area contributed by atoms with Gasteiger partial charge in [0.05, 0.1) is 45.9 Å². The molecular formula is C65H71N15O8. The van der Waals surface area contributed by atoms with E-state index in [9.17, 15) is 28.8 Å². The minimum atomic E-state index is -0.0857. The summed E-state index contributed by atoms with van der Waals surface area (Å²) < 4.78 is 10.4. The van der Waals surface area contributed by atoms with Crippen LogP contribution in [0.5, 0.6) is 0 Å². The number of nitrogens with one attached hydrogen (secondary N) is 6. The molecule has 0 bridgehead atoms. The zero-order chi connectivity index (χ0) is 60.8. The summed E-state index contributed by atoms with van der Waals surface area (Å²) in [6, 6.07) is 27.6. The van der Waals surface area contributed by atoms with Gasteiger partial charge in [0.1, 0.15) is 53.4 Å². The summed E-state index contributed by atoms with van der Waals surface area (Å²) in [6.07, 6.45) is 16.5. The van der Waals surface area contributed by atoms with Crippen molar-refractivity contribution in [2.75, 3.05) is 88.7 Å². The molecule has 0 saturated carbocycles. The van der Waals surface area contributed by atoms with Gasteiger partial charge in [-0.15, -0.1) is 0 Å². The van der Waals surface area contributed by atoms with Gasteiger partial charge in [-0.25, -0.2) is 29.9 Å². The third-order valence-corrected chi connectivity index (χ3v) is 16.4. The van der Waals surface area contributed by atoms with Gasteiger partial charge in [-0.1, -0.05) is 91.0 Å². The lowest BCUT2D eigenvalue weighted by molar-refractivity contribution is -0.132. The molecule has 4 fully saturated rings. The second kappa shape index (κ2) is 28.6. The number of ketones is 3. The highest BCUT2D eigenvalue weighted by Gasteiger charge is 2.31. The number of likely N-dealkylation sites (tertiary alicyclic amines) is 3. The molecule has 10 heterocycles. The molecule has 0 aliphatic carbocycles. The Bertz CT molecular complexity index is 3890. The fraction of sp³-hybridized carbons (Fsp3) is 0.354. The Morgan fingerprint density at radius 2 is 1.03 bits per heavy atom. The smallest absolute Gasteiger partial charge is 0.224 e. The maximum Gasteiger partial charge on any atom is 0.224 e. The molecular weight excluding hydrogens is 1120 g/mol. The van der Waals surface area contributed by atoms with Crippen LogP contribution in [0.15, 0.2) is 129 Å². The number of anilines is 3. The van der Waals surface area contributed by atoms with Crippen LogP contribution in [0.1, 0.15) is 106 Å². The van der Waals surface area contributed by atoms with E-state index < -0.39 is 0 Å². The molecule has 2 unspecified atom stereocenters. The number of carbonyl (C=O) groups is 6. The van der Waals surface area contributed by atoms with E-state index in [-0.39, 0.29) is 47.2 Å². The molecule has 4 aliphatic rings. The molecule has 13 rings (SSSR count). The molecule has 0 radical (unpaired) electrons. The first-order valence-corrected chi connectivity index (χ1v) is 30.0. The normalized spacial score (nSPS) is 16.7. The number of fused-ring (bicyclic) bond motifs is 3. The molecule has 23 heteroatoms. The quantitative estimate of drug-likeness (QED) is 0.0312. The number of amides is 3. The summed E-state index contributed by atoms with van der Waals surface area (Å²) in [5.41, 5.74) is 5.32. The van der Waals surface area contributed by atoms with E-state index in [0.717, 1.165) is 71.4 Å². The maximum absolute atomic E-state index is 13.1. The van der Waals surface area contributed by atoms with Crippen LogP contribution in [0, 0.1) is 5.92 Å². The summed E-state index contributed by atoms with van der Waals surface area (Å²) in [5.74, 6) is 2.60. The number of carbonyl (C=O) groups excluding carboxylic acids is 6. The largest absolute Gasteiger partial charge is 0.384 e. The number of benzene rings is 3. The van der Waals surface area contributed by atoms with Crippen molar-refractivity contribution in [3.63, 3.8) is 0 Å². The van der Waals surface area contributed by atoms with Crippen molar-refractivity contribution >= 4 is 85.6 Å². The zero-order valence-corrected chi connectivity index (χ0v) is 49.1. The van der Waals surface area contributed by atoms with Gasteiger partial charge in [-0.3, -0.25) is 28.8 Å². The molecule has 6 N–H and O–H groups in total. The number of nitrogens with zero attached hydrogens (tertiary/aromatic N) is 9. The molecule has 88 heavy (non-hydrogen) atoms. The van der Waals surface area contributed by atoms with E-state index in [1.165, 1.54) is 19.0 Å². The fourth-order valence-corrected chi connectivity index (χ4v) is 11.7. The molecule has 0 spiro atoms. The van der Waals surface area contributed by atoms with Crippen molar-refractivity contribution < 1.29 is 38.2 Å². The number of H-pyrrole nitrogens is 3. The van der Waals surface area contributed by atoms with Crippen LogP contribution in [-0.2, 0) is 23.9 Å². The molecule has 4 saturated heterocycles. The van der Waals surface area contributed by atoms with Crippen LogP contribution in [0.3, 0.4) is 0 Å². The average molecular weight is 1190 g/mol. The Hall–Kier alpha value is -9.74. The van der Waals surface area contributed by atoms with E-state index >= 15 is 0 Å². The lowest BCUT2D eigenvalue weighted by Gasteiger charge is -2.24. The SMILES string of the molecule is COCCC(=O)N1CCC(Nc2ncnc3[nH]cc(C(=O)c4ccccc4)c23)C1.O=C(c1ccccc1)c1c[nH]c2ncnc(NC3CCN(C(=O)CC4CCOCC4)C3)c12.O=C(c1ccccc1)c1c[nH]c2ncnc(NCCCN3CCCC3=O)c12. The van der Waals surface area contributed by atoms with Crippen molar-refractivity contribution in [1.29, 1.82) is 0 Å². The molecule has 23 nitrogen and oxygen atoms in total. The summed E-state index contributed by atoms with van der Waals surface area (Å²) in [7, 11) is 1.59. The second-order valence-corrected chi connectivity index (χ2v) is 22.2. The van der Waals surface area contributed by atoms with Crippen LogP contribution < -0.4 is 16.0 Å². The Labute approximate surface area is 507 Å². The molecule has 2 atom stereocenters. The van der Waals surface area contributed by atoms with Gasteiger partial charge >= 0.3 is 0 Å². The van der Waals surface area contributed by atoms with Crippen LogP contribution in [-0.4, -0.2) is 179 Å². The number of ether oxygens (including phenoxy) is 2. The van der Waals surface area contributed by atoms with Gasteiger partial charge in [0.15, 0.2) is 17.3 Å². The number of hydrogen-bond acceptors (Lipinski definition) is 17.